The molecule has 0 N–H and O–H groups in total. The number of carbonyl (C=O) groups excluding carboxylic acids is 1. The maximum Gasteiger partial charge on any atom is 0.225 e. The molecule has 2 saturated heterocycles. The lowest BCUT2D eigenvalue weighted by molar-refractivity contribution is -0.142. The van der Waals surface area contributed by atoms with Gasteiger partial charge in [-0.15, -0.1) is 0 Å². The number of carbonyl (C=O) groups is 1. The standard InChI is InChI=1S/C18H28N2O2S/c1-3-17-12-15(4-10-22-17)18(21)20-8-6-19(7-9-20)14(2)16-5-11-23-13-16/h5,11,13-15,17H,3-4,6-10,12H2,1-2H3/t14-,15-,17-/m1/s1. The average Bonchev–Trinajstić information content (AvgIpc) is 3.15. The van der Waals surface area contributed by atoms with E-state index in [9.17, 15) is 4.79 Å². The number of rotatable bonds is 4. The van der Waals surface area contributed by atoms with Gasteiger partial charge in [0.15, 0.2) is 0 Å². The number of amides is 1. The first-order valence-corrected chi connectivity index (χ1v) is 9.79. The highest BCUT2D eigenvalue weighted by atomic mass is 32.1. The Morgan fingerprint density at radius 1 is 1.39 bits per heavy atom. The van der Waals surface area contributed by atoms with E-state index in [1.165, 1.54) is 5.56 Å². The van der Waals surface area contributed by atoms with Crippen LogP contribution in [0.5, 0.6) is 0 Å². The summed E-state index contributed by atoms with van der Waals surface area (Å²) in [7, 11) is 0. The molecular weight excluding hydrogens is 308 g/mol. The summed E-state index contributed by atoms with van der Waals surface area (Å²) < 4.78 is 5.71. The fraction of sp³-hybridized carbons (Fsp3) is 0.722. The van der Waals surface area contributed by atoms with E-state index < -0.39 is 0 Å². The summed E-state index contributed by atoms with van der Waals surface area (Å²) in [6.45, 7) is 8.82. The van der Waals surface area contributed by atoms with Gasteiger partial charge in [0.2, 0.25) is 5.91 Å². The van der Waals surface area contributed by atoms with E-state index in [0.29, 0.717) is 11.9 Å². The fourth-order valence-electron chi connectivity index (χ4n) is 3.70. The Hall–Kier alpha value is -0.910. The zero-order chi connectivity index (χ0) is 16.2. The molecule has 0 radical (unpaired) electrons. The first kappa shape index (κ1) is 16.9. The highest BCUT2D eigenvalue weighted by molar-refractivity contribution is 7.07. The lowest BCUT2D eigenvalue weighted by atomic mass is 9.92. The monoisotopic (exact) mass is 336 g/mol. The second-order valence-corrected chi connectivity index (χ2v) is 7.50. The van der Waals surface area contributed by atoms with E-state index in [0.717, 1.165) is 52.0 Å². The molecule has 3 atom stereocenters. The van der Waals surface area contributed by atoms with Crippen LogP contribution in [-0.4, -0.2) is 54.6 Å². The van der Waals surface area contributed by atoms with Crippen LogP contribution in [0.15, 0.2) is 16.8 Å². The van der Waals surface area contributed by atoms with Gasteiger partial charge in [-0.2, -0.15) is 11.3 Å². The van der Waals surface area contributed by atoms with Gasteiger partial charge in [0.05, 0.1) is 6.10 Å². The molecule has 0 unspecified atom stereocenters. The summed E-state index contributed by atoms with van der Waals surface area (Å²) in [5, 5.41) is 4.37. The van der Waals surface area contributed by atoms with Gasteiger partial charge in [0, 0.05) is 44.7 Å². The van der Waals surface area contributed by atoms with Crippen molar-refractivity contribution in [1.82, 2.24) is 9.80 Å². The Balaban J connectivity index is 1.51. The smallest absolute Gasteiger partial charge is 0.225 e. The van der Waals surface area contributed by atoms with Crippen molar-refractivity contribution in [1.29, 1.82) is 0 Å². The van der Waals surface area contributed by atoms with E-state index in [-0.39, 0.29) is 12.0 Å². The first-order chi connectivity index (χ1) is 11.2. The average molecular weight is 337 g/mol. The summed E-state index contributed by atoms with van der Waals surface area (Å²) in [4.78, 5) is 17.3. The molecule has 0 saturated carbocycles. The Bertz CT molecular complexity index is 497. The van der Waals surface area contributed by atoms with E-state index >= 15 is 0 Å². The van der Waals surface area contributed by atoms with Gasteiger partial charge in [-0.25, -0.2) is 0 Å². The zero-order valence-corrected chi connectivity index (χ0v) is 15.1. The fourth-order valence-corrected chi connectivity index (χ4v) is 4.45. The molecule has 128 valence electrons. The van der Waals surface area contributed by atoms with Crippen LogP contribution in [0.2, 0.25) is 0 Å². The molecule has 3 heterocycles. The van der Waals surface area contributed by atoms with Gasteiger partial charge in [0.1, 0.15) is 0 Å². The predicted octanol–water partition coefficient (Wildman–Crippen LogP) is 3.16. The number of ether oxygens (including phenoxy) is 1. The van der Waals surface area contributed by atoms with Gasteiger partial charge in [-0.1, -0.05) is 6.92 Å². The van der Waals surface area contributed by atoms with Crippen molar-refractivity contribution < 1.29 is 9.53 Å². The minimum absolute atomic E-state index is 0.176. The van der Waals surface area contributed by atoms with Gasteiger partial charge in [-0.3, -0.25) is 9.69 Å². The van der Waals surface area contributed by atoms with Crippen molar-refractivity contribution in [2.24, 2.45) is 5.92 Å². The summed E-state index contributed by atoms with van der Waals surface area (Å²) in [6.07, 6.45) is 3.08. The van der Waals surface area contributed by atoms with Crippen molar-refractivity contribution in [2.75, 3.05) is 32.8 Å². The second kappa shape index (κ2) is 7.77. The number of nitrogens with zero attached hydrogens (tertiary/aromatic N) is 2. The lowest BCUT2D eigenvalue weighted by Crippen LogP contribution is -2.51. The minimum Gasteiger partial charge on any atom is -0.378 e. The maximum absolute atomic E-state index is 12.8. The van der Waals surface area contributed by atoms with Gasteiger partial charge < -0.3 is 9.64 Å². The van der Waals surface area contributed by atoms with Crippen molar-refractivity contribution in [3.63, 3.8) is 0 Å². The topological polar surface area (TPSA) is 32.8 Å². The van der Waals surface area contributed by atoms with Crippen LogP contribution in [-0.2, 0) is 9.53 Å². The molecule has 0 aromatic carbocycles. The molecule has 1 amide bonds. The zero-order valence-electron chi connectivity index (χ0n) is 14.2. The number of hydrogen-bond acceptors (Lipinski definition) is 4. The van der Waals surface area contributed by atoms with E-state index in [4.69, 9.17) is 4.74 Å². The molecule has 2 fully saturated rings. The molecule has 5 heteroatoms. The van der Waals surface area contributed by atoms with Gasteiger partial charge in [-0.05, 0) is 48.6 Å². The SMILES string of the molecule is CC[C@@H]1C[C@H](C(=O)N2CCN([C@H](C)c3ccsc3)CC2)CCO1. The molecule has 0 aliphatic carbocycles. The van der Waals surface area contributed by atoms with Crippen molar-refractivity contribution >= 4 is 17.2 Å². The third kappa shape index (κ3) is 3.95. The number of hydrogen-bond donors (Lipinski definition) is 0. The first-order valence-electron chi connectivity index (χ1n) is 8.85. The van der Waals surface area contributed by atoms with Crippen molar-refractivity contribution in [3.05, 3.63) is 22.4 Å². The molecule has 1 aromatic rings. The van der Waals surface area contributed by atoms with Gasteiger partial charge in [0.25, 0.3) is 0 Å². The summed E-state index contributed by atoms with van der Waals surface area (Å²) >= 11 is 1.76. The van der Waals surface area contributed by atoms with Crippen LogP contribution in [0.1, 0.15) is 44.7 Å². The molecule has 23 heavy (non-hydrogen) atoms. The molecule has 2 aliphatic rings. The Morgan fingerprint density at radius 2 is 2.17 bits per heavy atom. The molecule has 0 bridgehead atoms. The second-order valence-electron chi connectivity index (χ2n) is 6.72. The quantitative estimate of drug-likeness (QED) is 0.847. The molecule has 3 rings (SSSR count). The van der Waals surface area contributed by atoms with E-state index in [1.54, 1.807) is 11.3 Å². The van der Waals surface area contributed by atoms with Crippen molar-refractivity contribution in [2.45, 2.75) is 45.3 Å². The minimum atomic E-state index is 0.176. The van der Waals surface area contributed by atoms with Crippen molar-refractivity contribution in [3.8, 4) is 0 Å². The summed E-state index contributed by atoms with van der Waals surface area (Å²) in [5.41, 5.74) is 1.39. The van der Waals surface area contributed by atoms with Crippen LogP contribution in [0.25, 0.3) is 0 Å². The third-order valence-corrected chi connectivity index (χ3v) is 6.07. The lowest BCUT2D eigenvalue weighted by Gasteiger charge is -2.40. The van der Waals surface area contributed by atoms with Crippen LogP contribution >= 0.6 is 11.3 Å². The Labute approximate surface area is 143 Å². The van der Waals surface area contributed by atoms with Crippen LogP contribution < -0.4 is 0 Å². The third-order valence-electron chi connectivity index (χ3n) is 5.37. The highest BCUT2D eigenvalue weighted by Gasteiger charge is 2.32. The molecule has 4 nitrogen and oxygen atoms in total. The van der Waals surface area contributed by atoms with Crippen LogP contribution in [0.4, 0.5) is 0 Å². The predicted molar refractivity (Wildman–Crippen MR) is 93.6 cm³/mol. The summed E-state index contributed by atoms with van der Waals surface area (Å²) in [6, 6.07) is 2.66. The molecule has 1 aromatic heterocycles. The van der Waals surface area contributed by atoms with Crippen LogP contribution in [0.3, 0.4) is 0 Å². The number of thiophene rings is 1. The maximum atomic E-state index is 12.8. The van der Waals surface area contributed by atoms with Gasteiger partial charge >= 0.3 is 0 Å². The Morgan fingerprint density at radius 3 is 2.83 bits per heavy atom. The largest absolute Gasteiger partial charge is 0.378 e. The Kier molecular flexibility index (Phi) is 5.72. The molecule has 2 aliphatic heterocycles. The summed E-state index contributed by atoms with van der Waals surface area (Å²) in [5.74, 6) is 0.532. The molecule has 0 spiro atoms. The number of piperazine rings is 1. The normalized spacial score (nSPS) is 27.8. The van der Waals surface area contributed by atoms with E-state index in [2.05, 4.69) is 40.5 Å². The van der Waals surface area contributed by atoms with E-state index in [1.807, 2.05) is 0 Å². The van der Waals surface area contributed by atoms with Crippen LogP contribution in [0, 0.1) is 5.92 Å². The molecular formula is C18H28N2O2S. The highest BCUT2D eigenvalue weighted by Crippen LogP contribution is 2.27.